The van der Waals surface area contributed by atoms with Gasteiger partial charge in [0.25, 0.3) is 0 Å². The van der Waals surface area contributed by atoms with Crippen LogP contribution in [0.1, 0.15) is 36.8 Å². The largest absolute Gasteiger partial charge is 0.417 e. The maximum Gasteiger partial charge on any atom is 0.417 e. The zero-order valence-corrected chi connectivity index (χ0v) is 11.8. The third-order valence-corrected chi connectivity index (χ3v) is 5.21. The Kier molecular flexibility index (Phi) is 2.98. The van der Waals surface area contributed by atoms with Crippen molar-refractivity contribution in [3.8, 4) is 0 Å². The highest BCUT2D eigenvalue weighted by Gasteiger charge is 2.64. The third-order valence-electron chi connectivity index (χ3n) is 4.52. The van der Waals surface area contributed by atoms with Crippen molar-refractivity contribution in [3.05, 3.63) is 33.8 Å². The molecule has 0 aliphatic heterocycles. The summed E-state index contributed by atoms with van der Waals surface area (Å²) in [7, 11) is 0. The average molecular weight is 335 g/mol. The number of alkyl halides is 3. The van der Waals surface area contributed by atoms with Gasteiger partial charge in [-0.25, -0.2) is 0 Å². The molecule has 1 N–H and O–H groups in total. The summed E-state index contributed by atoms with van der Waals surface area (Å²) < 4.78 is 38.7. The molecule has 0 bridgehead atoms. The molecule has 2 saturated carbocycles. The Balaban J connectivity index is 1.99. The van der Waals surface area contributed by atoms with Gasteiger partial charge >= 0.3 is 6.18 Å². The van der Waals surface area contributed by atoms with Crippen molar-refractivity contribution >= 4 is 15.9 Å². The van der Waals surface area contributed by atoms with Crippen LogP contribution < -0.4 is 0 Å². The molecule has 5 heteroatoms. The fourth-order valence-corrected chi connectivity index (χ4v) is 3.98. The number of hydrogen-bond donors (Lipinski definition) is 1. The van der Waals surface area contributed by atoms with E-state index in [9.17, 15) is 18.3 Å². The molecule has 2 unspecified atom stereocenters. The summed E-state index contributed by atoms with van der Waals surface area (Å²) in [5, 5.41) is 10.7. The molecule has 2 aliphatic carbocycles. The Morgan fingerprint density at radius 2 is 1.74 bits per heavy atom. The van der Waals surface area contributed by atoms with Gasteiger partial charge in [0.15, 0.2) is 0 Å². The molecule has 104 valence electrons. The molecule has 0 spiro atoms. The molecule has 19 heavy (non-hydrogen) atoms. The Morgan fingerprint density at radius 3 is 2.26 bits per heavy atom. The van der Waals surface area contributed by atoms with Crippen molar-refractivity contribution in [1.29, 1.82) is 0 Å². The molecular weight excluding hydrogens is 321 g/mol. The smallest absolute Gasteiger partial charge is 0.385 e. The molecule has 2 fully saturated rings. The predicted molar refractivity (Wildman–Crippen MR) is 68.5 cm³/mol. The number of hydrogen-bond acceptors (Lipinski definition) is 1. The molecule has 0 aromatic heterocycles. The third kappa shape index (κ3) is 2.02. The number of halogens is 4. The highest BCUT2D eigenvalue weighted by Crippen LogP contribution is 2.64. The van der Waals surface area contributed by atoms with Crippen molar-refractivity contribution in [3.63, 3.8) is 0 Å². The quantitative estimate of drug-likeness (QED) is 0.803. The van der Waals surface area contributed by atoms with Crippen LogP contribution in [-0.4, -0.2) is 5.11 Å². The Hall–Kier alpha value is -0.550. The summed E-state index contributed by atoms with van der Waals surface area (Å²) in [5.74, 6) is 0.284. The average Bonchev–Trinajstić information content (AvgIpc) is 2.96. The van der Waals surface area contributed by atoms with Crippen LogP contribution in [0.2, 0.25) is 0 Å². The summed E-state index contributed by atoms with van der Waals surface area (Å²) in [6.07, 6.45) is -0.444. The molecule has 3 rings (SSSR count). The van der Waals surface area contributed by atoms with Gasteiger partial charge in [0, 0.05) is 4.47 Å². The molecule has 1 aromatic rings. The van der Waals surface area contributed by atoms with Crippen LogP contribution >= 0.6 is 15.9 Å². The van der Waals surface area contributed by atoms with Crippen LogP contribution in [0, 0.1) is 11.8 Å². The molecule has 1 aromatic carbocycles. The maximum atomic E-state index is 12.9. The van der Waals surface area contributed by atoms with E-state index in [4.69, 9.17) is 0 Å². The van der Waals surface area contributed by atoms with E-state index in [1.807, 2.05) is 0 Å². The molecule has 0 radical (unpaired) electrons. The van der Waals surface area contributed by atoms with Crippen LogP contribution in [-0.2, 0) is 11.8 Å². The Morgan fingerprint density at radius 1 is 1.16 bits per heavy atom. The topological polar surface area (TPSA) is 20.2 Å². The van der Waals surface area contributed by atoms with Crippen LogP contribution in [0.3, 0.4) is 0 Å². The number of fused-ring (bicyclic) bond motifs is 1. The van der Waals surface area contributed by atoms with Crippen molar-refractivity contribution in [2.24, 2.45) is 11.8 Å². The second-order valence-electron chi connectivity index (χ2n) is 5.52. The lowest BCUT2D eigenvalue weighted by Crippen LogP contribution is -2.13. The Bertz CT molecular complexity index is 500. The van der Waals surface area contributed by atoms with Gasteiger partial charge in [-0.05, 0) is 42.4 Å². The van der Waals surface area contributed by atoms with E-state index in [0.717, 1.165) is 31.7 Å². The van der Waals surface area contributed by atoms with E-state index in [0.29, 0.717) is 5.56 Å². The number of rotatable bonds is 1. The zero-order valence-electron chi connectivity index (χ0n) is 10.2. The first-order valence-electron chi connectivity index (χ1n) is 6.44. The molecule has 1 nitrogen and oxygen atoms in total. The lowest BCUT2D eigenvalue weighted by atomic mass is 10.0. The highest BCUT2D eigenvalue weighted by molar-refractivity contribution is 9.10. The van der Waals surface area contributed by atoms with Gasteiger partial charge in [0.1, 0.15) is 0 Å². The minimum absolute atomic E-state index is 0.0240. The van der Waals surface area contributed by atoms with Gasteiger partial charge in [-0.15, -0.1) is 0 Å². The lowest BCUT2D eigenvalue weighted by Gasteiger charge is -2.15. The molecule has 2 atom stereocenters. The predicted octanol–water partition coefficient (Wildman–Crippen LogP) is 4.48. The van der Waals surface area contributed by atoms with Gasteiger partial charge < -0.3 is 5.11 Å². The van der Waals surface area contributed by atoms with E-state index in [2.05, 4.69) is 15.9 Å². The SMILES string of the molecule is OC1(c2ccc(Br)c(C(F)(F)F)c2)C2CCCCC21. The first-order valence-corrected chi connectivity index (χ1v) is 7.24. The van der Waals surface area contributed by atoms with Gasteiger partial charge in [0.05, 0.1) is 11.2 Å². The minimum atomic E-state index is -4.40. The second-order valence-corrected chi connectivity index (χ2v) is 6.37. The van der Waals surface area contributed by atoms with Gasteiger partial charge in [-0.1, -0.05) is 34.8 Å². The summed E-state index contributed by atoms with van der Waals surface area (Å²) in [4.78, 5) is 0. The summed E-state index contributed by atoms with van der Waals surface area (Å²) >= 11 is 2.93. The van der Waals surface area contributed by atoms with E-state index >= 15 is 0 Å². The van der Waals surface area contributed by atoms with E-state index in [1.54, 1.807) is 6.07 Å². The van der Waals surface area contributed by atoms with Crippen molar-refractivity contribution in [1.82, 2.24) is 0 Å². The van der Waals surface area contributed by atoms with Crippen molar-refractivity contribution in [2.45, 2.75) is 37.5 Å². The Labute approximate surface area is 117 Å². The summed E-state index contributed by atoms with van der Waals surface area (Å²) in [5.41, 5.74) is -1.32. The van der Waals surface area contributed by atoms with E-state index in [1.165, 1.54) is 6.07 Å². The van der Waals surface area contributed by atoms with E-state index in [-0.39, 0.29) is 16.3 Å². The summed E-state index contributed by atoms with van der Waals surface area (Å²) in [6.45, 7) is 0. The van der Waals surface area contributed by atoms with Crippen LogP contribution in [0.5, 0.6) is 0 Å². The molecular formula is C14H14BrF3O. The van der Waals surface area contributed by atoms with Crippen LogP contribution in [0.15, 0.2) is 22.7 Å². The first-order chi connectivity index (χ1) is 8.85. The maximum absolute atomic E-state index is 12.9. The summed E-state index contributed by atoms with van der Waals surface area (Å²) in [6, 6.07) is 4.10. The molecule has 2 aliphatic rings. The fourth-order valence-electron chi connectivity index (χ4n) is 3.51. The van der Waals surface area contributed by atoms with E-state index < -0.39 is 17.3 Å². The standard InChI is InChI=1S/C14H14BrF3O/c15-12-6-5-8(7-11(12)14(16,17)18)13(19)9-3-1-2-4-10(9)13/h5-7,9-10,19H,1-4H2. The van der Waals surface area contributed by atoms with Gasteiger partial charge in [-0.3, -0.25) is 0 Å². The fraction of sp³-hybridized carbons (Fsp3) is 0.571. The molecule has 0 amide bonds. The van der Waals surface area contributed by atoms with Gasteiger partial charge in [0.2, 0.25) is 0 Å². The van der Waals surface area contributed by atoms with Crippen molar-refractivity contribution in [2.75, 3.05) is 0 Å². The van der Waals surface area contributed by atoms with Crippen LogP contribution in [0.4, 0.5) is 13.2 Å². The zero-order chi connectivity index (χ0) is 13.8. The van der Waals surface area contributed by atoms with Crippen LogP contribution in [0.25, 0.3) is 0 Å². The second kappa shape index (κ2) is 4.22. The molecule has 0 heterocycles. The highest BCUT2D eigenvalue weighted by atomic mass is 79.9. The lowest BCUT2D eigenvalue weighted by molar-refractivity contribution is -0.138. The minimum Gasteiger partial charge on any atom is -0.385 e. The number of aliphatic hydroxyl groups is 1. The molecule has 0 saturated heterocycles. The van der Waals surface area contributed by atoms with Crippen molar-refractivity contribution < 1.29 is 18.3 Å². The first kappa shape index (κ1) is 13.4. The monoisotopic (exact) mass is 334 g/mol. The normalized spacial score (nSPS) is 33.9. The van der Waals surface area contributed by atoms with Gasteiger partial charge in [-0.2, -0.15) is 13.2 Å². The number of benzene rings is 1.